The molecule has 60 valence electrons. The van der Waals surface area contributed by atoms with Gasteiger partial charge in [0.25, 0.3) is 0 Å². The molecule has 0 radical (unpaired) electrons. The highest BCUT2D eigenvalue weighted by Gasteiger charge is 2.08. The number of methoxy groups -OCH3 is 2. The third kappa shape index (κ3) is 1.96. The van der Waals surface area contributed by atoms with Crippen LogP contribution in [0.1, 0.15) is 12.0 Å². The second-order valence-corrected chi connectivity index (χ2v) is 1.93. The SMILES string of the molecule is COC(OC)c1cnccn1. The van der Waals surface area contributed by atoms with Crippen LogP contribution >= 0.6 is 0 Å². The quantitative estimate of drug-likeness (QED) is 0.603. The average molecular weight is 154 g/mol. The molecule has 1 aromatic rings. The highest BCUT2D eigenvalue weighted by Crippen LogP contribution is 2.11. The van der Waals surface area contributed by atoms with Crippen LogP contribution in [0.4, 0.5) is 0 Å². The van der Waals surface area contributed by atoms with Crippen molar-refractivity contribution in [1.82, 2.24) is 9.97 Å². The molecule has 0 aliphatic rings. The van der Waals surface area contributed by atoms with Crippen molar-refractivity contribution >= 4 is 0 Å². The molecule has 4 heteroatoms. The fraction of sp³-hybridized carbons (Fsp3) is 0.429. The van der Waals surface area contributed by atoms with Gasteiger partial charge in [0.15, 0.2) is 0 Å². The molecule has 1 aromatic heterocycles. The van der Waals surface area contributed by atoms with Crippen molar-refractivity contribution in [3.63, 3.8) is 0 Å². The number of hydrogen-bond donors (Lipinski definition) is 0. The normalized spacial score (nSPS) is 10.5. The minimum absolute atomic E-state index is 0.413. The number of hydrogen-bond acceptors (Lipinski definition) is 4. The summed E-state index contributed by atoms with van der Waals surface area (Å²) in [5.41, 5.74) is 0.678. The first-order valence-electron chi connectivity index (χ1n) is 3.20. The van der Waals surface area contributed by atoms with E-state index < -0.39 is 6.29 Å². The second kappa shape index (κ2) is 4.00. The molecule has 0 unspecified atom stereocenters. The van der Waals surface area contributed by atoms with Crippen LogP contribution in [0, 0.1) is 0 Å². The van der Waals surface area contributed by atoms with Crippen LogP contribution in [0.25, 0.3) is 0 Å². The third-order valence-electron chi connectivity index (χ3n) is 1.25. The van der Waals surface area contributed by atoms with Gasteiger partial charge >= 0.3 is 0 Å². The molecule has 0 saturated carbocycles. The Balaban J connectivity index is 2.74. The molecule has 0 atom stereocenters. The average Bonchev–Trinajstić information content (AvgIpc) is 2.09. The molecule has 4 nitrogen and oxygen atoms in total. The molecular weight excluding hydrogens is 144 g/mol. The lowest BCUT2D eigenvalue weighted by Gasteiger charge is -2.10. The largest absolute Gasteiger partial charge is 0.350 e. The van der Waals surface area contributed by atoms with Crippen molar-refractivity contribution in [2.24, 2.45) is 0 Å². The first-order valence-corrected chi connectivity index (χ1v) is 3.20. The van der Waals surface area contributed by atoms with Crippen molar-refractivity contribution in [2.75, 3.05) is 14.2 Å². The Hall–Kier alpha value is -1.00. The first-order chi connectivity index (χ1) is 5.38. The molecular formula is C7H10N2O2. The van der Waals surface area contributed by atoms with Crippen LogP contribution in [0.15, 0.2) is 18.6 Å². The van der Waals surface area contributed by atoms with Gasteiger partial charge in [-0.05, 0) is 0 Å². The summed E-state index contributed by atoms with van der Waals surface area (Å²) in [5, 5.41) is 0. The maximum Gasteiger partial charge on any atom is 0.202 e. The Labute approximate surface area is 65.2 Å². The molecule has 1 heterocycles. The van der Waals surface area contributed by atoms with Crippen molar-refractivity contribution < 1.29 is 9.47 Å². The lowest BCUT2D eigenvalue weighted by atomic mass is 10.4. The Morgan fingerprint density at radius 1 is 1.27 bits per heavy atom. The smallest absolute Gasteiger partial charge is 0.202 e. The number of rotatable bonds is 3. The Bertz CT molecular complexity index is 199. The summed E-state index contributed by atoms with van der Waals surface area (Å²) < 4.78 is 9.92. The Morgan fingerprint density at radius 2 is 2.00 bits per heavy atom. The van der Waals surface area contributed by atoms with E-state index in [1.54, 1.807) is 32.8 Å². The fourth-order valence-electron chi connectivity index (χ4n) is 0.770. The van der Waals surface area contributed by atoms with E-state index in [9.17, 15) is 0 Å². The van der Waals surface area contributed by atoms with Crippen molar-refractivity contribution in [3.8, 4) is 0 Å². The lowest BCUT2D eigenvalue weighted by Crippen LogP contribution is -2.05. The monoisotopic (exact) mass is 154 g/mol. The van der Waals surface area contributed by atoms with Gasteiger partial charge in [0.2, 0.25) is 6.29 Å². The summed E-state index contributed by atoms with van der Waals surface area (Å²) >= 11 is 0. The Morgan fingerprint density at radius 3 is 2.45 bits per heavy atom. The highest BCUT2D eigenvalue weighted by atomic mass is 16.7. The van der Waals surface area contributed by atoms with Crippen LogP contribution in [0.2, 0.25) is 0 Å². The van der Waals surface area contributed by atoms with Crippen molar-refractivity contribution in [1.29, 1.82) is 0 Å². The molecule has 0 N–H and O–H groups in total. The molecule has 0 bridgehead atoms. The van der Waals surface area contributed by atoms with Gasteiger partial charge in [0.05, 0.1) is 6.20 Å². The molecule has 0 amide bonds. The van der Waals surface area contributed by atoms with E-state index in [-0.39, 0.29) is 0 Å². The Kier molecular flexibility index (Phi) is 2.95. The maximum absolute atomic E-state index is 4.96. The van der Waals surface area contributed by atoms with Gasteiger partial charge < -0.3 is 9.47 Å². The number of ether oxygens (including phenoxy) is 2. The predicted molar refractivity (Wildman–Crippen MR) is 38.8 cm³/mol. The van der Waals surface area contributed by atoms with Crippen molar-refractivity contribution in [2.45, 2.75) is 6.29 Å². The van der Waals surface area contributed by atoms with Crippen molar-refractivity contribution in [3.05, 3.63) is 24.3 Å². The number of nitrogens with zero attached hydrogens (tertiary/aromatic N) is 2. The van der Waals surface area contributed by atoms with Gasteiger partial charge in [0, 0.05) is 26.6 Å². The fourth-order valence-corrected chi connectivity index (χ4v) is 0.770. The molecule has 0 aromatic carbocycles. The summed E-state index contributed by atoms with van der Waals surface area (Å²) in [6, 6.07) is 0. The minimum Gasteiger partial charge on any atom is -0.350 e. The molecule has 0 spiro atoms. The second-order valence-electron chi connectivity index (χ2n) is 1.93. The predicted octanol–water partition coefficient (Wildman–Crippen LogP) is 0.768. The van der Waals surface area contributed by atoms with E-state index in [0.717, 1.165) is 0 Å². The summed E-state index contributed by atoms with van der Waals surface area (Å²) in [7, 11) is 3.12. The van der Waals surface area contributed by atoms with Crippen LogP contribution < -0.4 is 0 Å². The summed E-state index contributed by atoms with van der Waals surface area (Å²) in [6.45, 7) is 0. The van der Waals surface area contributed by atoms with Crippen LogP contribution in [0.3, 0.4) is 0 Å². The molecule has 0 aliphatic carbocycles. The van der Waals surface area contributed by atoms with Crippen LogP contribution in [0.5, 0.6) is 0 Å². The van der Waals surface area contributed by atoms with Gasteiger partial charge in [-0.3, -0.25) is 9.97 Å². The zero-order chi connectivity index (χ0) is 8.10. The minimum atomic E-state index is -0.413. The summed E-state index contributed by atoms with van der Waals surface area (Å²) in [4.78, 5) is 7.89. The standard InChI is InChI=1S/C7H10N2O2/c1-10-7(11-2)6-5-8-3-4-9-6/h3-5,7H,1-2H3. The van der Waals surface area contributed by atoms with Crippen LogP contribution in [-0.2, 0) is 9.47 Å². The third-order valence-corrected chi connectivity index (χ3v) is 1.25. The number of aromatic nitrogens is 2. The van der Waals surface area contributed by atoms with E-state index in [1.807, 2.05) is 0 Å². The van der Waals surface area contributed by atoms with Gasteiger partial charge in [0.1, 0.15) is 5.69 Å². The lowest BCUT2D eigenvalue weighted by molar-refractivity contribution is -0.108. The molecule has 11 heavy (non-hydrogen) atoms. The summed E-state index contributed by atoms with van der Waals surface area (Å²) in [5.74, 6) is 0. The zero-order valence-corrected chi connectivity index (χ0v) is 6.52. The molecule has 0 fully saturated rings. The van der Waals surface area contributed by atoms with Gasteiger partial charge in [-0.25, -0.2) is 0 Å². The van der Waals surface area contributed by atoms with E-state index in [1.165, 1.54) is 0 Å². The first kappa shape index (κ1) is 8.10. The zero-order valence-electron chi connectivity index (χ0n) is 6.52. The van der Waals surface area contributed by atoms with E-state index in [4.69, 9.17) is 9.47 Å². The highest BCUT2D eigenvalue weighted by molar-refractivity contribution is 4.95. The van der Waals surface area contributed by atoms with E-state index >= 15 is 0 Å². The van der Waals surface area contributed by atoms with Gasteiger partial charge in [-0.1, -0.05) is 0 Å². The summed E-state index contributed by atoms with van der Waals surface area (Å²) in [6.07, 6.45) is 4.40. The molecule has 1 rings (SSSR count). The van der Waals surface area contributed by atoms with Gasteiger partial charge in [-0.2, -0.15) is 0 Å². The maximum atomic E-state index is 4.96. The van der Waals surface area contributed by atoms with Crippen LogP contribution in [-0.4, -0.2) is 24.2 Å². The topological polar surface area (TPSA) is 44.2 Å². The molecule has 0 aliphatic heterocycles. The van der Waals surface area contributed by atoms with E-state index in [2.05, 4.69) is 9.97 Å². The molecule has 0 saturated heterocycles. The van der Waals surface area contributed by atoms with Gasteiger partial charge in [-0.15, -0.1) is 0 Å². The van der Waals surface area contributed by atoms with E-state index in [0.29, 0.717) is 5.69 Å².